The molecule has 0 bridgehead atoms. The van der Waals surface area contributed by atoms with E-state index in [1.54, 1.807) is 12.1 Å². The number of hydrogen-bond donors (Lipinski definition) is 1. The second-order valence-electron chi connectivity index (χ2n) is 4.79. The van der Waals surface area contributed by atoms with Gasteiger partial charge in [-0.2, -0.15) is 0 Å². The highest BCUT2D eigenvalue weighted by molar-refractivity contribution is 5.75. The molecule has 0 heterocycles. The van der Waals surface area contributed by atoms with Gasteiger partial charge in [-0.1, -0.05) is 37.3 Å². The molecule has 2 rings (SSSR count). The quantitative estimate of drug-likeness (QED) is 0.514. The van der Waals surface area contributed by atoms with Gasteiger partial charge in [0.2, 0.25) is 0 Å². The predicted octanol–water partition coefficient (Wildman–Crippen LogP) is 3.44. The molecule has 0 amide bonds. The summed E-state index contributed by atoms with van der Waals surface area (Å²) in [5.74, 6) is 0.266. The number of para-hydroxylation sites is 1. The molecule has 1 unspecified atom stereocenters. The van der Waals surface area contributed by atoms with Gasteiger partial charge in [0.25, 0.3) is 0 Å². The molecule has 2 N–H and O–H groups in total. The molecule has 20 heavy (non-hydrogen) atoms. The van der Waals surface area contributed by atoms with Crippen LogP contribution in [0.15, 0.2) is 54.6 Å². The van der Waals surface area contributed by atoms with E-state index in [-0.39, 0.29) is 11.9 Å². The van der Waals surface area contributed by atoms with E-state index in [1.807, 2.05) is 49.4 Å². The van der Waals surface area contributed by atoms with Crippen LogP contribution >= 0.6 is 0 Å². The summed E-state index contributed by atoms with van der Waals surface area (Å²) in [6, 6.07) is 16.8. The molecular weight excluding hydrogens is 250 g/mol. The summed E-state index contributed by atoms with van der Waals surface area (Å²) in [6.45, 7) is 1.99. The maximum atomic E-state index is 12.2. The Labute approximate surface area is 119 Å². The number of ether oxygens (including phenoxy) is 1. The SMILES string of the molecule is CCC(Cc1ccc(N)cc1)C(=O)Oc1ccccc1. The third-order valence-corrected chi connectivity index (χ3v) is 3.25. The van der Waals surface area contributed by atoms with Crippen LogP contribution in [0.3, 0.4) is 0 Å². The molecule has 3 nitrogen and oxygen atoms in total. The third kappa shape index (κ3) is 3.85. The van der Waals surface area contributed by atoms with Gasteiger partial charge in [0.05, 0.1) is 5.92 Å². The standard InChI is InChI=1S/C17H19NO2/c1-2-14(12-13-8-10-15(18)11-9-13)17(19)20-16-6-4-3-5-7-16/h3-11,14H,2,12,18H2,1H3. The highest BCUT2D eigenvalue weighted by Crippen LogP contribution is 2.18. The molecule has 0 aliphatic heterocycles. The van der Waals surface area contributed by atoms with Gasteiger partial charge >= 0.3 is 5.97 Å². The van der Waals surface area contributed by atoms with E-state index < -0.39 is 0 Å². The van der Waals surface area contributed by atoms with E-state index in [2.05, 4.69) is 0 Å². The third-order valence-electron chi connectivity index (χ3n) is 3.25. The lowest BCUT2D eigenvalue weighted by molar-refractivity contribution is -0.139. The highest BCUT2D eigenvalue weighted by atomic mass is 16.5. The molecule has 3 heteroatoms. The Hall–Kier alpha value is -2.29. The molecule has 2 aromatic carbocycles. The molecule has 0 aliphatic carbocycles. The van der Waals surface area contributed by atoms with Crippen LogP contribution in [0.4, 0.5) is 5.69 Å². The highest BCUT2D eigenvalue weighted by Gasteiger charge is 2.19. The molecule has 0 radical (unpaired) electrons. The molecule has 0 aromatic heterocycles. The van der Waals surface area contributed by atoms with E-state index in [4.69, 9.17) is 10.5 Å². The van der Waals surface area contributed by atoms with Crippen LogP contribution in [0.25, 0.3) is 0 Å². The number of carbonyl (C=O) groups excluding carboxylic acids is 1. The topological polar surface area (TPSA) is 52.3 Å². The summed E-state index contributed by atoms with van der Waals surface area (Å²) in [4.78, 5) is 12.2. The Bertz CT molecular complexity index is 549. The zero-order valence-electron chi connectivity index (χ0n) is 11.6. The first-order valence-electron chi connectivity index (χ1n) is 6.80. The minimum Gasteiger partial charge on any atom is -0.426 e. The van der Waals surface area contributed by atoms with Crippen molar-refractivity contribution < 1.29 is 9.53 Å². The maximum Gasteiger partial charge on any atom is 0.314 e. The fraction of sp³-hybridized carbons (Fsp3) is 0.235. The summed E-state index contributed by atoms with van der Waals surface area (Å²) in [7, 11) is 0. The number of carbonyl (C=O) groups is 1. The van der Waals surface area contributed by atoms with Gasteiger partial charge in [-0.05, 0) is 42.7 Å². The summed E-state index contributed by atoms with van der Waals surface area (Å²) in [5, 5.41) is 0. The number of rotatable bonds is 5. The van der Waals surface area contributed by atoms with E-state index in [0.29, 0.717) is 12.2 Å². The van der Waals surface area contributed by atoms with Crippen molar-refractivity contribution in [1.29, 1.82) is 0 Å². The van der Waals surface area contributed by atoms with E-state index in [1.165, 1.54) is 0 Å². The second kappa shape index (κ2) is 6.75. The number of hydrogen-bond acceptors (Lipinski definition) is 3. The first-order valence-corrected chi connectivity index (χ1v) is 6.80. The smallest absolute Gasteiger partial charge is 0.314 e. The Kier molecular flexibility index (Phi) is 4.77. The maximum absolute atomic E-state index is 12.2. The summed E-state index contributed by atoms with van der Waals surface area (Å²) in [6.07, 6.45) is 1.42. The van der Waals surface area contributed by atoms with Crippen molar-refractivity contribution in [1.82, 2.24) is 0 Å². The Morgan fingerprint density at radius 3 is 2.35 bits per heavy atom. The first-order chi connectivity index (χ1) is 9.69. The van der Waals surface area contributed by atoms with Gasteiger partial charge in [0.1, 0.15) is 5.75 Å². The molecule has 0 saturated carbocycles. The number of nitrogen functional groups attached to an aromatic ring is 1. The van der Waals surface area contributed by atoms with Crippen LogP contribution in [0.1, 0.15) is 18.9 Å². The van der Waals surface area contributed by atoms with Crippen molar-refractivity contribution in [3.63, 3.8) is 0 Å². The van der Waals surface area contributed by atoms with E-state index in [9.17, 15) is 4.79 Å². The Morgan fingerprint density at radius 2 is 1.75 bits per heavy atom. The lowest BCUT2D eigenvalue weighted by Gasteiger charge is -2.14. The minimum absolute atomic E-state index is 0.140. The van der Waals surface area contributed by atoms with Gasteiger partial charge < -0.3 is 10.5 Å². The Balaban J connectivity index is 2.00. The van der Waals surface area contributed by atoms with Crippen molar-refractivity contribution in [2.45, 2.75) is 19.8 Å². The first kappa shape index (κ1) is 14.1. The largest absolute Gasteiger partial charge is 0.426 e. The van der Waals surface area contributed by atoms with Crippen molar-refractivity contribution in [3.8, 4) is 5.75 Å². The fourth-order valence-electron chi connectivity index (χ4n) is 2.02. The second-order valence-corrected chi connectivity index (χ2v) is 4.79. The van der Waals surface area contributed by atoms with Crippen molar-refractivity contribution in [3.05, 3.63) is 60.2 Å². The summed E-state index contributed by atoms with van der Waals surface area (Å²) in [5.41, 5.74) is 7.48. The molecule has 0 fully saturated rings. The van der Waals surface area contributed by atoms with Crippen molar-refractivity contribution >= 4 is 11.7 Å². The number of anilines is 1. The van der Waals surface area contributed by atoms with Crippen LogP contribution in [0.2, 0.25) is 0 Å². The van der Waals surface area contributed by atoms with Gasteiger partial charge in [-0.25, -0.2) is 0 Å². The van der Waals surface area contributed by atoms with Crippen LogP contribution in [0.5, 0.6) is 5.75 Å². The van der Waals surface area contributed by atoms with E-state index >= 15 is 0 Å². The predicted molar refractivity (Wildman–Crippen MR) is 80.4 cm³/mol. The molecule has 1 atom stereocenters. The fourth-order valence-corrected chi connectivity index (χ4v) is 2.02. The summed E-state index contributed by atoms with van der Waals surface area (Å²) < 4.78 is 5.40. The van der Waals surface area contributed by atoms with Gasteiger partial charge in [-0.3, -0.25) is 4.79 Å². The lowest BCUT2D eigenvalue weighted by Crippen LogP contribution is -2.22. The molecular formula is C17H19NO2. The van der Waals surface area contributed by atoms with Crippen LogP contribution < -0.4 is 10.5 Å². The zero-order valence-corrected chi connectivity index (χ0v) is 11.6. The number of esters is 1. The molecule has 2 aromatic rings. The average molecular weight is 269 g/mol. The van der Waals surface area contributed by atoms with Gasteiger partial charge in [0, 0.05) is 5.69 Å². The zero-order chi connectivity index (χ0) is 14.4. The van der Waals surface area contributed by atoms with E-state index in [0.717, 1.165) is 17.7 Å². The monoisotopic (exact) mass is 269 g/mol. The number of benzene rings is 2. The average Bonchev–Trinajstić information content (AvgIpc) is 2.47. The minimum atomic E-state index is -0.185. The lowest BCUT2D eigenvalue weighted by atomic mass is 9.97. The molecule has 0 saturated heterocycles. The van der Waals surface area contributed by atoms with Crippen LogP contribution in [-0.2, 0) is 11.2 Å². The van der Waals surface area contributed by atoms with Crippen LogP contribution in [-0.4, -0.2) is 5.97 Å². The van der Waals surface area contributed by atoms with Gasteiger partial charge in [0.15, 0.2) is 0 Å². The molecule has 0 aliphatic rings. The summed E-state index contributed by atoms with van der Waals surface area (Å²) >= 11 is 0. The molecule has 104 valence electrons. The molecule has 0 spiro atoms. The number of nitrogens with two attached hydrogens (primary N) is 1. The normalized spacial score (nSPS) is 11.8. The van der Waals surface area contributed by atoms with Crippen molar-refractivity contribution in [2.24, 2.45) is 5.92 Å². The van der Waals surface area contributed by atoms with Gasteiger partial charge in [-0.15, -0.1) is 0 Å². The van der Waals surface area contributed by atoms with Crippen molar-refractivity contribution in [2.75, 3.05) is 5.73 Å². The Morgan fingerprint density at radius 1 is 1.10 bits per heavy atom. The van der Waals surface area contributed by atoms with Crippen LogP contribution in [0, 0.1) is 5.92 Å².